The van der Waals surface area contributed by atoms with Crippen molar-refractivity contribution in [2.24, 2.45) is 0 Å². The summed E-state index contributed by atoms with van der Waals surface area (Å²) in [5, 5.41) is 4.75. The Morgan fingerprint density at radius 2 is 1.92 bits per heavy atom. The molecule has 0 unspecified atom stereocenters. The Morgan fingerprint density at radius 3 is 2.81 bits per heavy atom. The fraction of sp³-hybridized carbons (Fsp3) is 0.105. The van der Waals surface area contributed by atoms with Crippen LogP contribution >= 0.6 is 0 Å². The van der Waals surface area contributed by atoms with Crippen molar-refractivity contribution in [3.63, 3.8) is 0 Å². The lowest BCUT2D eigenvalue weighted by Crippen LogP contribution is -2.24. The number of hydrogen-bond acceptors (Lipinski definition) is 5. The Labute approximate surface area is 149 Å². The molecule has 2 aromatic heterocycles. The van der Waals surface area contributed by atoms with E-state index in [4.69, 9.17) is 11.5 Å². The first kappa shape index (κ1) is 15.9. The second-order valence-electron chi connectivity index (χ2n) is 6.13. The minimum absolute atomic E-state index is 0.0448. The van der Waals surface area contributed by atoms with Gasteiger partial charge in [-0.3, -0.25) is 4.79 Å². The van der Waals surface area contributed by atoms with E-state index in [1.165, 1.54) is 0 Å². The number of rotatable bonds is 4. The molecule has 0 fully saturated rings. The molecule has 4 rings (SSSR count). The SMILES string of the molecule is Nc1nc(N)c2ccc(CNC(=O)Cc3c[nH]c4ccccc34)cc2n1. The number of carbonyl (C=O) groups excluding carboxylic acids is 1. The van der Waals surface area contributed by atoms with Crippen LogP contribution < -0.4 is 16.8 Å². The average molecular weight is 346 g/mol. The van der Waals surface area contributed by atoms with Crippen LogP contribution in [-0.2, 0) is 17.8 Å². The van der Waals surface area contributed by atoms with Crippen molar-refractivity contribution >= 4 is 39.5 Å². The molecule has 1 amide bonds. The summed E-state index contributed by atoms with van der Waals surface area (Å²) < 4.78 is 0. The number of benzene rings is 2. The van der Waals surface area contributed by atoms with Crippen LogP contribution in [0.3, 0.4) is 0 Å². The van der Waals surface area contributed by atoms with E-state index in [2.05, 4.69) is 20.3 Å². The number of hydrogen-bond donors (Lipinski definition) is 4. The molecule has 7 heteroatoms. The molecular formula is C19H18N6O. The third-order valence-electron chi connectivity index (χ3n) is 4.32. The van der Waals surface area contributed by atoms with E-state index in [0.29, 0.717) is 24.3 Å². The molecule has 0 aliphatic rings. The molecule has 2 aromatic carbocycles. The number of nitrogen functional groups attached to an aromatic ring is 2. The van der Waals surface area contributed by atoms with Gasteiger partial charge in [-0.2, -0.15) is 4.98 Å². The number of H-pyrrole nitrogens is 1. The highest BCUT2D eigenvalue weighted by atomic mass is 16.1. The minimum atomic E-state index is -0.0448. The van der Waals surface area contributed by atoms with E-state index in [9.17, 15) is 4.79 Å². The summed E-state index contributed by atoms with van der Waals surface area (Å²) in [7, 11) is 0. The van der Waals surface area contributed by atoms with Gasteiger partial charge in [0.05, 0.1) is 11.9 Å². The summed E-state index contributed by atoms with van der Waals surface area (Å²) in [6.45, 7) is 0.404. The van der Waals surface area contributed by atoms with Gasteiger partial charge >= 0.3 is 0 Å². The maximum atomic E-state index is 12.3. The van der Waals surface area contributed by atoms with Crippen molar-refractivity contribution in [3.05, 3.63) is 59.8 Å². The van der Waals surface area contributed by atoms with Crippen LogP contribution in [0.15, 0.2) is 48.7 Å². The monoisotopic (exact) mass is 346 g/mol. The smallest absolute Gasteiger partial charge is 0.224 e. The summed E-state index contributed by atoms with van der Waals surface area (Å²) in [5.41, 5.74) is 15.1. The van der Waals surface area contributed by atoms with Crippen LogP contribution in [0.25, 0.3) is 21.8 Å². The van der Waals surface area contributed by atoms with Crippen LogP contribution in [0.4, 0.5) is 11.8 Å². The molecule has 0 atom stereocenters. The molecule has 6 N–H and O–H groups in total. The Kier molecular flexibility index (Phi) is 3.89. The molecule has 130 valence electrons. The number of nitrogens with two attached hydrogens (primary N) is 2. The quantitative estimate of drug-likeness (QED) is 0.451. The number of carbonyl (C=O) groups is 1. The van der Waals surface area contributed by atoms with Crippen LogP contribution in [0.1, 0.15) is 11.1 Å². The molecule has 0 spiro atoms. The molecule has 7 nitrogen and oxygen atoms in total. The van der Waals surface area contributed by atoms with Crippen LogP contribution in [-0.4, -0.2) is 20.9 Å². The van der Waals surface area contributed by atoms with E-state index >= 15 is 0 Å². The van der Waals surface area contributed by atoms with Crippen molar-refractivity contribution in [2.45, 2.75) is 13.0 Å². The number of anilines is 2. The number of amides is 1. The van der Waals surface area contributed by atoms with Crippen molar-refractivity contribution in [1.29, 1.82) is 0 Å². The fourth-order valence-corrected chi connectivity index (χ4v) is 3.04. The van der Waals surface area contributed by atoms with E-state index < -0.39 is 0 Å². The summed E-state index contributed by atoms with van der Waals surface area (Å²) in [6, 6.07) is 13.5. The summed E-state index contributed by atoms with van der Waals surface area (Å²) in [5.74, 6) is 0.439. The molecule has 0 aliphatic carbocycles. The highest BCUT2D eigenvalue weighted by Gasteiger charge is 2.09. The minimum Gasteiger partial charge on any atom is -0.383 e. The summed E-state index contributed by atoms with van der Waals surface area (Å²) in [6.07, 6.45) is 2.20. The Morgan fingerprint density at radius 1 is 1.08 bits per heavy atom. The van der Waals surface area contributed by atoms with Gasteiger partial charge in [0.15, 0.2) is 0 Å². The molecule has 0 radical (unpaired) electrons. The first-order chi connectivity index (χ1) is 12.6. The van der Waals surface area contributed by atoms with Gasteiger partial charge < -0.3 is 21.8 Å². The van der Waals surface area contributed by atoms with E-state index in [-0.39, 0.29) is 11.9 Å². The number of nitrogens with one attached hydrogen (secondary N) is 2. The highest BCUT2D eigenvalue weighted by molar-refractivity contribution is 5.90. The van der Waals surface area contributed by atoms with Gasteiger partial charge in [0.1, 0.15) is 5.82 Å². The van der Waals surface area contributed by atoms with E-state index in [1.807, 2.05) is 48.7 Å². The highest BCUT2D eigenvalue weighted by Crippen LogP contribution is 2.20. The zero-order chi connectivity index (χ0) is 18.1. The number of para-hydroxylation sites is 1. The maximum Gasteiger partial charge on any atom is 0.224 e. The molecular weight excluding hydrogens is 328 g/mol. The standard InChI is InChI=1S/C19H18N6O/c20-18-14-6-5-11(7-16(14)24-19(21)25-18)9-23-17(26)8-12-10-22-15-4-2-1-3-13(12)15/h1-7,10,22H,8-9H2,(H,23,26)(H4,20,21,24,25). The van der Waals surface area contributed by atoms with Crippen LogP contribution in [0.2, 0.25) is 0 Å². The maximum absolute atomic E-state index is 12.3. The topological polar surface area (TPSA) is 123 Å². The normalized spacial score (nSPS) is 11.1. The lowest BCUT2D eigenvalue weighted by molar-refractivity contribution is -0.120. The lowest BCUT2D eigenvalue weighted by Gasteiger charge is -2.07. The lowest BCUT2D eigenvalue weighted by atomic mass is 10.1. The van der Waals surface area contributed by atoms with Gasteiger partial charge in [-0.15, -0.1) is 0 Å². The van der Waals surface area contributed by atoms with E-state index in [1.54, 1.807) is 0 Å². The number of fused-ring (bicyclic) bond motifs is 2. The average Bonchev–Trinajstić information content (AvgIpc) is 3.02. The Hall–Kier alpha value is -3.61. The third-order valence-corrected chi connectivity index (χ3v) is 4.32. The first-order valence-electron chi connectivity index (χ1n) is 8.23. The summed E-state index contributed by atoms with van der Waals surface area (Å²) in [4.78, 5) is 23.6. The van der Waals surface area contributed by atoms with Crippen molar-refractivity contribution in [1.82, 2.24) is 20.3 Å². The fourth-order valence-electron chi connectivity index (χ4n) is 3.04. The number of aromatic nitrogens is 3. The molecule has 2 heterocycles. The van der Waals surface area contributed by atoms with Gasteiger partial charge in [-0.25, -0.2) is 4.98 Å². The van der Waals surface area contributed by atoms with E-state index in [0.717, 1.165) is 27.4 Å². The molecule has 0 bridgehead atoms. The number of aromatic amines is 1. The largest absolute Gasteiger partial charge is 0.383 e. The summed E-state index contributed by atoms with van der Waals surface area (Å²) >= 11 is 0. The van der Waals surface area contributed by atoms with Crippen LogP contribution in [0.5, 0.6) is 0 Å². The van der Waals surface area contributed by atoms with Gasteiger partial charge in [-0.05, 0) is 29.3 Å². The zero-order valence-electron chi connectivity index (χ0n) is 14.0. The predicted molar refractivity (Wildman–Crippen MR) is 102 cm³/mol. The van der Waals surface area contributed by atoms with Crippen molar-refractivity contribution in [3.8, 4) is 0 Å². The van der Waals surface area contributed by atoms with Gasteiger partial charge in [0.2, 0.25) is 11.9 Å². The van der Waals surface area contributed by atoms with Crippen LogP contribution in [0, 0.1) is 0 Å². The van der Waals surface area contributed by atoms with Gasteiger partial charge in [0, 0.05) is 29.0 Å². The molecule has 0 aliphatic heterocycles. The first-order valence-corrected chi connectivity index (χ1v) is 8.23. The second-order valence-corrected chi connectivity index (χ2v) is 6.13. The molecule has 4 aromatic rings. The molecule has 0 saturated carbocycles. The van der Waals surface area contributed by atoms with Crippen molar-refractivity contribution < 1.29 is 4.79 Å². The van der Waals surface area contributed by atoms with Gasteiger partial charge in [0.25, 0.3) is 0 Å². The zero-order valence-corrected chi connectivity index (χ0v) is 14.0. The van der Waals surface area contributed by atoms with Crippen molar-refractivity contribution in [2.75, 3.05) is 11.5 Å². The van der Waals surface area contributed by atoms with Gasteiger partial charge in [-0.1, -0.05) is 24.3 Å². The number of nitrogens with zero attached hydrogens (tertiary/aromatic N) is 2. The molecule has 26 heavy (non-hydrogen) atoms. The Bertz CT molecular complexity index is 1120. The predicted octanol–water partition coefficient (Wildman–Crippen LogP) is 2.13. The second kappa shape index (κ2) is 6.36. The Balaban J connectivity index is 1.46. The third kappa shape index (κ3) is 3.02. The molecule has 0 saturated heterocycles.